The van der Waals surface area contributed by atoms with Crippen molar-refractivity contribution in [2.45, 2.75) is 12.8 Å². The molecule has 1 heterocycles. The number of para-hydroxylation sites is 1. The second-order valence-electron chi connectivity index (χ2n) is 5.82. The molecule has 0 aliphatic carbocycles. The topological polar surface area (TPSA) is 67.4 Å². The Labute approximate surface area is 141 Å². The minimum absolute atomic E-state index is 0.0789. The molecular weight excluding hydrogens is 304 g/mol. The third-order valence-electron chi connectivity index (χ3n) is 4.01. The van der Waals surface area contributed by atoms with Gasteiger partial charge in [-0.05, 0) is 25.1 Å². The molecule has 5 nitrogen and oxygen atoms in total. The van der Waals surface area contributed by atoms with E-state index in [1.165, 1.54) is 0 Å². The fraction of sp³-hybridized carbons (Fsp3) is 0.263. The Bertz CT molecular complexity index is 758. The van der Waals surface area contributed by atoms with Gasteiger partial charge in [-0.1, -0.05) is 35.9 Å². The number of hydrogen-bond acceptors (Lipinski definition) is 3. The van der Waals surface area contributed by atoms with Crippen LogP contribution in [0.25, 0.3) is 0 Å². The van der Waals surface area contributed by atoms with Crippen LogP contribution in [0.4, 0.5) is 0 Å². The smallest absolute Gasteiger partial charge is 0.251 e. The zero-order valence-electron chi connectivity index (χ0n) is 13.5. The highest BCUT2D eigenvalue weighted by molar-refractivity contribution is 5.94. The number of hydrogen-bond donors (Lipinski definition) is 2. The summed E-state index contributed by atoms with van der Waals surface area (Å²) in [6.45, 7) is 3.07. The van der Waals surface area contributed by atoms with E-state index in [-0.39, 0.29) is 17.7 Å². The average Bonchev–Trinajstić information content (AvgIpc) is 3.02. The summed E-state index contributed by atoms with van der Waals surface area (Å²) in [5.41, 5.74) is 2.58. The lowest BCUT2D eigenvalue weighted by Crippen LogP contribution is -2.37. The number of carbonyl (C=O) groups is 2. The molecule has 3 rings (SSSR count). The molecule has 1 aliphatic rings. The summed E-state index contributed by atoms with van der Waals surface area (Å²) in [5, 5.41) is 5.66. The molecule has 1 atom stereocenters. The van der Waals surface area contributed by atoms with Crippen molar-refractivity contribution in [3.8, 4) is 5.75 Å². The van der Waals surface area contributed by atoms with E-state index >= 15 is 0 Å². The summed E-state index contributed by atoms with van der Waals surface area (Å²) in [5.74, 6) is 0.270. The van der Waals surface area contributed by atoms with E-state index in [4.69, 9.17) is 4.74 Å². The number of amides is 2. The number of carbonyl (C=O) groups excluding carboxylic acids is 2. The van der Waals surface area contributed by atoms with Gasteiger partial charge in [0.2, 0.25) is 5.91 Å². The predicted octanol–water partition coefficient (Wildman–Crippen LogP) is 2.02. The molecule has 0 unspecified atom stereocenters. The summed E-state index contributed by atoms with van der Waals surface area (Å²) in [4.78, 5) is 24.3. The number of benzene rings is 2. The zero-order chi connectivity index (χ0) is 16.9. The fourth-order valence-electron chi connectivity index (χ4n) is 2.75. The highest BCUT2D eigenvalue weighted by atomic mass is 16.5. The van der Waals surface area contributed by atoms with Gasteiger partial charge in [0.15, 0.2) is 0 Å². The molecule has 0 radical (unpaired) electrons. The van der Waals surface area contributed by atoms with Crippen LogP contribution in [0, 0.1) is 6.92 Å². The first-order valence-corrected chi connectivity index (χ1v) is 7.99. The first kappa shape index (κ1) is 16.1. The van der Waals surface area contributed by atoms with Crippen LogP contribution in [-0.2, 0) is 4.79 Å². The van der Waals surface area contributed by atoms with E-state index in [0.29, 0.717) is 25.3 Å². The van der Waals surface area contributed by atoms with E-state index in [2.05, 4.69) is 10.6 Å². The summed E-state index contributed by atoms with van der Waals surface area (Å²) >= 11 is 0. The van der Waals surface area contributed by atoms with E-state index in [1.54, 1.807) is 6.07 Å². The molecular formula is C19H20N2O3. The van der Waals surface area contributed by atoms with Gasteiger partial charge in [0.05, 0.1) is 0 Å². The van der Waals surface area contributed by atoms with Crippen LogP contribution in [0.2, 0.25) is 0 Å². The summed E-state index contributed by atoms with van der Waals surface area (Å²) in [6, 6.07) is 15.0. The maximum atomic E-state index is 12.3. The monoisotopic (exact) mass is 324 g/mol. The van der Waals surface area contributed by atoms with Gasteiger partial charge in [-0.15, -0.1) is 0 Å². The lowest BCUT2D eigenvalue weighted by atomic mass is 10.0. The molecule has 1 aliphatic heterocycles. The van der Waals surface area contributed by atoms with E-state index in [1.807, 2.05) is 49.4 Å². The van der Waals surface area contributed by atoms with Crippen LogP contribution in [0.15, 0.2) is 48.5 Å². The van der Waals surface area contributed by atoms with E-state index in [9.17, 15) is 9.59 Å². The molecule has 0 bridgehead atoms. The largest absolute Gasteiger partial charge is 0.492 e. The molecule has 2 aromatic carbocycles. The molecule has 0 spiro atoms. The Hall–Kier alpha value is -2.82. The summed E-state index contributed by atoms with van der Waals surface area (Å²) in [6.07, 6.45) is 0. The van der Waals surface area contributed by atoms with Gasteiger partial charge >= 0.3 is 0 Å². The Morgan fingerprint density at radius 3 is 2.71 bits per heavy atom. The molecule has 0 fully saturated rings. The first-order chi connectivity index (χ1) is 11.6. The van der Waals surface area contributed by atoms with Gasteiger partial charge < -0.3 is 15.4 Å². The lowest BCUT2D eigenvalue weighted by Gasteiger charge is -2.11. The van der Waals surface area contributed by atoms with Gasteiger partial charge in [0.25, 0.3) is 5.91 Å². The second-order valence-corrected chi connectivity index (χ2v) is 5.82. The Balaban J connectivity index is 1.46. The first-order valence-electron chi connectivity index (χ1n) is 7.99. The maximum Gasteiger partial charge on any atom is 0.251 e. The van der Waals surface area contributed by atoms with Crippen LogP contribution < -0.4 is 15.4 Å². The van der Waals surface area contributed by atoms with Crippen molar-refractivity contribution in [2.24, 2.45) is 0 Å². The molecule has 5 heteroatoms. The van der Waals surface area contributed by atoms with Crippen molar-refractivity contribution in [3.05, 3.63) is 65.2 Å². The minimum Gasteiger partial charge on any atom is -0.492 e. The number of aryl methyl sites for hydroxylation is 1. The molecule has 24 heavy (non-hydrogen) atoms. The molecule has 0 aromatic heterocycles. The molecule has 124 valence electrons. The van der Waals surface area contributed by atoms with Crippen LogP contribution in [0.1, 0.15) is 27.4 Å². The van der Waals surface area contributed by atoms with Gasteiger partial charge in [-0.2, -0.15) is 0 Å². The fourth-order valence-corrected chi connectivity index (χ4v) is 2.75. The van der Waals surface area contributed by atoms with Gasteiger partial charge in [-0.3, -0.25) is 9.59 Å². The molecule has 2 aromatic rings. The van der Waals surface area contributed by atoms with E-state index in [0.717, 1.165) is 16.9 Å². The number of rotatable bonds is 5. The van der Waals surface area contributed by atoms with Gasteiger partial charge in [0, 0.05) is 24.2 Å². The number of fused-ring (bicyclic) bond motifs is 1. The standard InChI is InChI=1S/C19H20N2O3/c1-13-5-4-6-14(11-13)18(22)20-9-10-21-19(23)16-12-24-17-8-3-2-7-15(16)17/h2-8,11,16H,9-10,12H2,1H3,(H,20,22)(H,21,23)/t16-/m1/s1. The minimum atomic E-state index is -0.284. The third kappa shape index (κ3) is 3.56. The number of nitrogens with one attached hydrogen (secondary N) is 2. The van der Waals surface area contributed by atoms with Crippen LogP contribution in [-0.4, -0.2) is 31.5 Å². The van der Waals surface area contributed by atoms with Crippen LogP contribution >= 0.6 is 0 Å². The second kappa shape index (κ2) is 7.17. The summed E-state index contributed by atoms with van der Waals surface area (Å²) in [7, 11) is 0. The normalized spacial score (nSPS) is 15.3. The van der Waals surface area contributed by atoms with Crippen molar-refractivity contribution >= 4 is 11.8 Å². The quantitative estimate of drug-likeness (QED) is 0.827. The van der Waals surface area contributed by atoms with Crippen LogP contribution in [0.5, 0.6) is 5.75 Å². The van der Waals surface area contributed by atoms with Crippen LogP contribution in [0.3, 0.4) is 0 Å². The third-order valence-corrected chi connectivity index (χ3v) is 4.01. The predicted molar refractivity (Wildman–Crippen MR) is 91.2 cm³/mol. The average molecular weight is 324 g/mol. The lowest BCUT2D eigenvalue weighted by molar-refractivity contribution is -0.122. The number of ether oxygens (including phenoxy) is 1. The Morgan fingerprint density at radius 2 is 1.88 bits per heavy atom. The zero-order valence-corrected chi connectivity index (χ0v) is 13.5. The van der Waals surface area contributed by atoms with E-state index < -0.39 is 0 Å². The maximum absolute atomic E-state index is 12.3. The highest BCUT2D eigenvalue weighted by Crippen LogP contribution is 2.33. The molecule has 2 N–H and O–H groups in total. The highest BCUT2D eigenvalue weighted by Gasteiger charge is 2.29. The molecule has 0 saturated carbocycles. The molecule has 0 saturated heterocycles. The Kier molecular flexibility index (Phi) is 4.79. The van der Waals surface area contributed by atoms with Crippen molar-refractivity contribution in [2.75, 3.05) is 19.7 Å². The van der Waals surface area contributed by atoms with Gasteiger partial charge in [0.1, 0.15) is 18.3 Å². The molecule has 2 amide bonds. The van der Waals surface area contributed by atoms with Crippen molar-refractivity contribution < 1.29 is 14.3 Å². The van der Waals surface area contributed by atoms with Crippen molar-refractivity contribution in [1.29, 1.82) is 0 Å². The van der Waals surface area contributed by atoms with Gasteiger partial charge in [-0.25, -0.2) is 0 Å². The van der Waals surface area contributed by atoms with Crippen molar-refractivity contribution in [3.63, 3.8) is 0 Å². The van der Waals surface area contributed by atoms with Crippen molar-refractivity contribution in [1.82, 2.24) is 10.6 Å². The Morgan fingerprint density at radius 1 is 1.08 bits per heavy atom. The summed E-state index contributed by atoms with van der Waals surface area (Å²) < 4.78 is 5.52. The SMILES string of the molecule is Cc1cccc(C(=O)NCCNC(=O)[C@@H]2COc3ccccc32)c1.